The van der Waals surface area contributed by atoms with E-state index in [0.29, 0.717) is 0 Å². The summed E-state index contributed by atoms with van der Waals surface area (Å²) in [4.78, 5) is 5.71. The minimum absolute atomic E-state index is 0.159. The van der Waals surface area contributed by atoms with Gasteiger partial charge in [-0.3, -0.25) is 0 Å². The highest BCUT2D eigenvalue weighted by atomic mass is 35.5. The van der Waals surface area contributed by atoms with Gasteiger partial charge in [0.1, 0.15) is 0 Å². The molecule has 1 aliphatic heterocycles. The lowest BCUT2D eigenvalue weighted by atomic mass is 9.76. The number of fused-ring (bicyclic) bond motifs is 2. The Morgan fingerprint density at radius 2 is 1.68 bits per heavy atom. The summed E-state index contributed by atoms with van der Waals surface area (Å²) in [6, 6.07) is 12.2. The third kappa shape index (κ3) is 2.50. The van der Waals surface area contributed by atoms with E-state index in [1.165, 1.54) is 27.9 Å². The number of aromatic amines is 1. The molecular weight excluding hydrogens is 389 g/mol. The van der Waals surface area contributed by atoms with Crippen molar-refractivity contribution < 1.29 is 0 Å². The Balaban J connectivity index is 1.76. The molecule has 0 aliphatic carbocycles. The van der Waals surface area contributed by atoms with Gasteiger partial charge in [-0.25, -0.2) is 0 Å². The Kier molecular flexibility index (Phi) is 3.84. The first-order valence-electron chi connectivity index (χ1n) is 9.31. The van der Waals surface area contributed by atoms with Crippen LogP contribution in [0.4, 0.5) is 5.69 Å². The van der Waals surface area contributed by atoms with E-state index < -0.39 is 0 Å². The molecule has 0 amide bonds. The van der Waals surface area contributed by atoms with Crippen LogP contribution in [0.25, 0.3) is 22.0 Å². The standard InChI is InChI=1S/C23H21Cl2N3/c1-23(13-28(3)22-7-5-15(25)9-19(22)23)20-12-27(2)11-18(20)17-10-26-21-6-4-14(24)8-16(17)21/h4-12,26H,13H2,1-3H3/t23-/m1/s1. The van der Waals surface area contributed by atoms with Gasteiger partial charge in [0.05, 0.1) is 0 Å². The Bertz CT molecular complexity index is 1220. The van der Waals surface area contributed by atoms with Crippen molar-refractivity contribution in [1.82, 2.24) is 9.55 Å². The molecule has 142 valence electrons. The van der Waals surface area contributed by atoms with Gasteiger partial charge >= 0.3 is 0 Å². The summed E-state index contributed by atoms with van der Waals surface area (Å²) >= 11 is 12.7. The van der Waals surface area contributed by atoms with Gasteiger partial charge in [-0.1, -0.05) is 23.2 Å². The fraction of sp³-hybridized carbons (Fsp3) is 0.217. The molecule has 1 aliphatic rings. The first-order chi connectivity index (χ1) is 13.4. The summed E-state index contributed by atoms with van der Waals surface area (Å²) in [5.41, 5.74) is 7.13. The number of benzene rings is 2. The lowest BCUT2D eigenvalue weighted by molar-refractivity contribution is 0.609. The molecule has 0 spiro atoms. The quantitative estimate of drug-likeness (QED) is 0.416. The maximum atomic E-state index is 6.38. The maximum Gasteiger partial charge on any atom is 0.0461 e. The van der Waals surface area contributed by atoms with Crippen LogP contribution in [0, 0.1) is 0 Å². The molecule has 1 N–H and O–H groups in total. The molecule has 5 rings (SSSR count). The highest BCUT2D eigenvalue weighted by Crippen LogP contribution is 2.49. The van der Waals surface area contributed by atoms with E-state index in [1.54, 1.807) is 0 Å². The Morgan fingerprint density at radius 1 is 0.929 bits per heavy atom. The van der Waals surface area contributed by atoms with Crippen molar-refractivity contribution in [3.8, 4) is 11.1 Å². The SMILES string of the molecule is CN1C[C@@](C)(c2cn(C)cc2-c2c[nH]c3ccc(Cl)cc23)c2cc(Cl)ccc21. The third-order valence-electron chi connectivity index (χ3n) is 6.00. The van der Waals surface area contributed by atoms with Crippen molar-refractivity contribution in [2.45, 2.75) is 12.3 Å². The average Bonchev–Trinajstić information content (AvgIpc) is 3.30. The van der Waals surface area contributed by atoms with Crippen LogP contribution in [0.15, 0.2) is 55.0 Å². The summed E-state index contributed by atoms with van der Waals surface area (Å²) in [6.45, 7) is 3.22. The zero-order chi connectivity index (χ0) is 19.6. The predicted octanol–water partition coefficient (Wildman–Crippen LogP) is 6.24. The number of hydrogen-bond acceptors (Lipinski definition) is 1. The number of anilines is 1. The number of H-pyrrole nitrogens is 1. The molecule has 2 aromatic carbocycles. The van der Waals surface area contributed by atoms with E-state index in [4.69, 9.17) is 23.2 Å². The van der Waals surface area contributed by atoms with Crippen LogP contribution in [0.5, 0.6) is 0 Å². The Morgan fingerprint density at radius 3 is 2.50 bits per heavy atom. The molecule has 0 unspecified atom stereocenters. The van der Waals surface area contributed by atoms with E-state index in [0.717, 1.165) is 27.5 Å². The van der Waals surface area contributed by atoms with Crippen LogP contribution < -0.4 is 4.90 Å². The third-order valence-corrected chi connectivity index (χ3v) is 6.47. The zero-order valence-electron chi connectivity index (χ0n) is 16.1. The molecular formula is C23H21Cl2N3. The van der Waals surface area contributed by atoms with Crippen molar-refractivity contribution in [3.63, 3.8) is 0 Å². The minimum atomic E-state index is -0.159. The zero-order valence-corrected chi connectivity index (χ0v) is 17.6. The van der Waals surface area contributed by atoms with Gasteiger partial charge in [0.2, 0.25) is 0 Å². The van der Waals surface area contributed by atoms with Gasteiger partial charge < -0.3 is 14.5 Å². The molecule has 4 aromatic rings. The molecule has 3 nitrogen and oxygen atoms in total. The maximum absolute atomic E-state index is 6.38. The molecule has 0 bridgehead atoms. The Labute approximate surface area is 174 Å². The highest BCUT2D eigenvalue weighted by Gasteiger charge is 2.41. The number of halogens is 2. The minimum Gasteiger partial charge on any atom is -0.373 e. The molecule has 0 fully saturated rings. The molecule has 0 saturated heterocycles. The van der Waals surface area contributed by atoms with E-state index >= 15 is 0 Å². The number of aromatic nitrogens is 2. The number of nitrogens with zero attached hydrogens (tertiary/aromatic N) is 2. The van der Waals surface area contributed by atoms with Crippen molar-refractivity contribution in [2.75, 3.05) is 18.5 Å². The van der Waals surface area contributed by atoms with Crippen LogP contribution in [0.3, 0.4) is 0 Å². The summed E-state index contributed by atoms with van der Waals surface area (Å²) in [5.74, 6) is 0. The highest BCUT2D eigenvalue weighted by molar-refractivity contribution is 6.31. The van der Waals surface area contributed by atoms with Crippen molar-refractivity contribution in [1.29, 1.82) is 0 Å². The number of nitrogens with one attached hydrogen (secondary N) is 1. The number of likely N-dealkylation sites (N-methyl/N-ethyl adjacent to an activating group) is 1. The fourth-order valence-electron chi connectivity index (χ4n) is 4.71. The second-order valence-corrected chi connectivity index (χ2v) is 8.87. The summed E-state index contributed by atoms with van der Waals surface area (Å²) in [5, 5.41) is 2.66. The molecule has 28 heavy (non-hydrogen) atoms. The number of aryl methyl sites for hydroxylation is 1. The number of rotatable bonds is 2. The number of hydrogen-bond donors (Lipinski definition) is 1. The van der Waals surface area contributed by atoms with Crippen LogP contribution in [-0.4, -0.2) is 23.1 Å². The van der Waals surface area contributed by atoms with Crippen molar-refractivity contribution in [3.05, 3.63) is 76.2 Å². The first kappa shape index (κ1) is 17.7. The fourth-order valence-corrected chi connectivity index (χ4v) is 5.06. The second-order valence-electron chi connectivity index (χ2n) is 7.99. The molecule has 0 radical (unpaired) electrons. The monoisotopic (exact) mass is 409 g/mol. The van der Waals surface area contributed by atoms with Gasteiger partial charge in [0, 0.05) is 82.4 Å². The summed E-state index contributed by atoms with van der Waals surface area (Å²) in [6.07, 6.45) is 6.52. The van der Waals surface area contributed by atoms with Crippen LogP contribution in [-0.2, 0) is 12.5 Å². The van der Waals surface area contributed by atoms with E-state index in [9.17, 15) is 0 Å². The lowest BCUT2D eigenvalue weighted by Gasteiger charge is -2.26. The smallest absolute Gasteiger partial charge is 0.0461 e. The van der Waals surface area contributed by atoms with Crippen molar-refractivity contribution in [2.24, 2.45) is 7.05 Å². The lowest BCUT2D eigenvalue weighted by Crippen LogP contribution is -2.30. The van der Waals surface area contributed by atoms with Gasteiger partial charge in [0.25, 0.3) is 0 Å². The van der Waals surface area contributed by atoms with Crippen LogP contribution in [0.1, 0.15) is 18.1 Å². The van der Waals surface area contributed by atoms with Crippen LogP contribution in [0.2, 0.25) is 10.0 Å². The van der Waals surface area contributed by atoms with E-state index in [1.807, 2.05) is 24.3 Å². The molecule has 2 aromatic heterocycles. The predicted molar refractivity (Wildman–Crippen MR) is 119 cm³/mol. The summed E-state index contributed by atoms with van der Waals surface area (Å²) in [7, 11) is 4.22. The summed E-state index contributed by atoms with van der Waals surface area (Å²) < 4.78 is 2.14. The Hall–Kier alpha value is -2.36. The van der Waals surface area contributed by atoms with E-state index in [-0.39, 0.29) is 5.41 Å². The topological polar surface area (TPSA) is 24.0 Å². The normalized spacial score (nSPS) is 18.8. The average molecular weight is 410 g/mol. The molecule has 1 atom stereocenters. The van der Waals surface area contributed by atoms with Gasteiger partial charge in [-0.05, 0) is 54.4 Å². The second kappa shape index (κ2) is 6.07. The molecule has 0 saturated carbocycles. The first-order valence-corrected chi connectivity index (χ1v) is 10.1. The molecule has 5 heteroatoms. The van der Waals surface area contributed by atoms with Gasteiger partial charge in [0.15, 0.2) is 0 Å². The van der Waals surface area contributed by atoms with Gasteiger partial charge in [-0.2, -0.15) is 0 Å². The van der Waals surface area contributed by atoms with Crippen LogP contribution >= 0.6 is 23.2 Å². The largest absolute Gasteiger partial charge is 0.373 e. The van der Waals surface area contributed by atoms with Gasteiger partial charge in [-0.15, -0.1) is 0 Å². The van der Waals surface area contributed by atoms with Crippen molar-refractivity contribution >= 4 is 39.8 Å². The van der Waals surface area contributed by atoms with E-state index in [2.05, 4.69) is 66.2 Å². The molecule has 3 heterocycles.